The minimum atomic E-state index is -0.374. The average molecular weight is 326 g/mol. The Labute approximate surface area is 138 Å². The lowest BCUT2D eigenvalue weighted by molar-refractivity contribution is -0.111. The summed E-state index contributed by atoms with van der Waals surface area (Å²) in [6.45, 7) is 0. The topological polar surface area (TPSA) is 52.9 Å². The van der Waals surface area contributed by atoms with E-state index in [1.807, 2.05) is 0 Å². The number of carbonyl (C=O) groups is 1. The van der Waals surface area contributed by atoms with Crippen LogP contribution in [-0.2, 0) is 17.6 Å². The molecule has 3 rings (SSSR count). The number of nitrogens with one attached hydrogen (secondary N) is 1. The summed E-state index contributed by atoms with van der Waals surface area (Å²) in [6.07, 6.45) is 6.80. The van der Waals surface area contributed by atoms with Crippen LogP contribution in [0.15, 0.2) is 30.3 Å². The lowest BCUT2D eigenvalue weighted by Crippen LogP contribution is -2.08. The molecule has 0 unspecified atom stereocenters. The van der Waals surface area contributed by atoms with Crippen LogP contribution in [-0.4, -0.2) is 5.91 Å². The number of aryl methyl sites for hydroxylation is 1. The van der Waals surface area contributed by atoms with Crippen molar-refractivity contribution in [2.24, 2.45) is 0 Å². The van der Waals surface area contributed by atoms with Gasteiger partial charge < -0.3 is 5.32 Å². The molecule has 0 saturated heterocycles. The van der Waals surface area contributed by atoms with E-state index in [9.17, 15) is 14.4 Å². The van der Waals surface area contributed by atoms with Gasteiger partial charge in [-0.25, -0.2) is 4.39 Å². The summed E-state index contributed by atoms with van der Waals surface area (Å²) < 4.78 is 13.5. The second-order valence-corrected chi connectivity index (χ2v) is 6.48. The van der Waals surface area contributed by atoms with Crippen LogP contribution in [0.25, 0.3) is 6.08 Å². The summed E-state index contributed by atoms with van der Waals surface area (Å²) in [7, 11) is 0. The Balaban J connectivity index is 1.77. The van der Waals surface area contributed by atoms with E-state index in [0.717, 1.165) is 31.2 Å². The quantitative estimate of drug-likeness (QED) is 0.856. The molecule has 5 heteroatoms. The van der Waals surface area contributed by atoms with Gasteiger partial charge in [-0.2, -0.15) is 5.26 Å². The zero-order valence-corrected chi connectivity index (χ0v) is 13.3. The summed E-state index contributed by atoms with van der Waals surface area (Å²) in [5.74, 6) is -0.732. The minimum Gasteiger partial charge on any atom is -0.313 e. The van der Waals surface area contributed by atoms with Crippen LogP contribution in [0.3, 0.4) is 0 Å². The van der Waals surface area contributed by atoms with Crippen LogP contribution in [0, 0.1) is 17.1 Å². The number of nitrogens with zero attached hydrogens (tertiary/aromatic N) is 1. The number of anilines is 1. The first-order chi connectivity index (χ1) is 11.2. The van der Waals surface area contributed by atoms with Crippen LogP contribution < -0.4 is 5.32 Å². The van der Waals surface area contributed by atoms with Crippen LogP contribution in [0.5, 0.6) is 0 Å². The third-order valence-corrected chi connectivity index (χ3v) is 5.05. The van der Waals surface area contributed by atoms with Gasteiger partial charge in [0.25, 0.3) is 0 Å². The number of rotatable bonds is 3. The van der Waals surface area contributed by atoms with E-state index in [0.29, 0.717) is 16.1 Å². The van der Waals surface area contributed by atoms with Gasteiger partial charge in [-0.15, -0.1) is 11.3 Å². The fraction of sp³-hybridized carbons (Fsp3) is 0.222. The van der Waals surface area contributed by atoms with Gasteiger partial charge in [0, 0.05) is 16.5 Å². The second kappa shape index (κ2) is 6.76. The molecule has 1 N–H and O–H groups in total. The zero-order chi connectivity index (χ0) is 16.2. The molecule has 0 saturated carbocycles. The fourth-order valence-electron chi connectivity index (χ4n) is 2.70. The third kappa shape index (κ3) is 3.33. The summed E-state index contributed by atoms with van der Waals surface area (Å²) in [4.78, 5) is 13.3. The van der Waals surface area contributed by atoms with Crippen molar-refractivity contribution in [1.82, 2.24) is 0 Å². The molecule has 0 aliphatic heterocycles. The smallest absolute Gasteiger partial charge is 0.249 e. The van der Waals surface area contributed by atoms with Crippen LogP contribution in [0.2, 0.25) is 0 Å². The predicted octanol–water partition coefficient (Wildman–Crippen LogP) is 4.29. The highest BCUT2D eigenvalue weighted by molar-refractivity contribution is 7.16. The van der Waals surface area contributed by atoms with E-state index < -0.39 is 0 Å². The van der Waals surface area contributed by atoms with Gasteiger partial charge in [0.15, 0.2) is 0 Å². The molecule has 2 aromatic rings. The van der Waals surface area contributed by atoms with Crippen molar-refractivity contribution in [1.29, 1.82) is 5.26 Å². The monoisotopic (exact) mass is 326 g/mol. The van der Waals surface area contributed by atoms with E-state index in [1.54, 1.807) is 18.2 Å². The SMILES string of the molecule is N#Cc1c(NC(=O)/C=C/c2ccccc2F)sc2c1CCCC2. The highest BCUT2D eigenvalue weighted by Crippen LogP contribution is 2.37. The highest BCUT2D eigenvalue weighted by Gasteiger charge is 2.21. The minimum absolute atomic E-state index is 0.355. The number of nitriles is 1. The molecular formula is C18H15FN2OS. The second-order valence-electron chi connectivity index (χ2n) is 5.37. The number of halogens is 1. The van der Waals surface area contributed by atoms with Gasteiger partial charge in [-0.3, -0.25) is 4.79 Å². The zero-order valence-electron chi connectivity index (χ0n) is 12.4. The van der Waals surface area contributed by atoms with Gasteiger partial charge in [-0.1, -0.05) is 18.2 Å². The molecule has 1 aromatic carbocycles. The molecule has 0 atom stereocenters. The van der Waals surface area contributed by atoms with Crippen molar-refractivity contribution in [3.05, 3.63) is 57.7 Å². The molecule has 0 radical (unpaired) electrons. The first-order valence-electron chi connectivity index (χ1n) is 7.47. The van der Waals surface area contributed by atoms with Gasteiger partial charge in [0.1, 0.15) is 16.9 Å². The van der Waals surface area contributed by atoms with Crippen molar-refractivity contribution in [2.45, 2.75) is 25.7 Å². The molecule has 23 heavy (non-hydrogen) atoms. The normalized spacial score (nSPS) is 13.6. The Kier molecular flexibility index (Phi) is 4.54. The Morgan fingerprint density at radius 2 is 2.09 bits per heavy atom. The molecule has 116 valence electrons. The summed E-state index contributed by atoms with van der Waals surface area (Å²) in [5, 5.41) is 12.7. The number of benzene rings is 1. The van der Waals surface area contributed by atoms with Gasteiger partial charge in [0.05, 0.1) is 5.56 Å². The number of fused-ring (bicyclic) bond motifs is 1. The van der Waals surface area contributed by atoms with E-state index in [2.05, 4.69) is 11.4 Å². The number of hydrogen-bond acceptors (Lipinski definition) is 3. The Morgan fingerprint density at radius 1 is 1.30 bits per heavy atom. The first kappa shape index (κ1) is 15.4. The third-order valence-electron chi connectivity index (χ3n) is 3.84. The Morgan fingerprint density at radius 3 is 2.87 bits per heavy atom. The number of carbonyl (C=O) groups excluding carboxylic acids is 1. The Bertz CT molecular complexity index is 817. The van der Waals surface area contributed by atoms with E-state index in [-0.39, 0.29) is 11.7 Å². The first-order valence-corrected chi connectivity index (χ1v) is 8.29. The maximum atomic E-state index is 13.5. The number of thiophene rings is 1. The van der Waals surface area contributed by atoms with Crippen molar-refractivity contribution in [3.8, 4) is 6.07 Å². The summed E-state index contributed by atoms with van der Waals surface area (Å²) in [5.41, 5.74) is 2.02. The largest absolute Gasteiger partial charge is 0.313 e. The summed E-state index contributed by atoms with van der Waals surface area (Å²) in [6, 6.07) is 8.46. The molecule has 3 nitrogen and oxygen atoms in total. The van der Waals surface area contributed by atoms with E-state index in [4.69, 9.17) is 0 Å². The van der Waals surface area contributed by atoms with Crippen LogP contribution >= 0.6 is 11.3 Å². The lowest BCUT2D eigenvalue weighted by atomic mass is 9.96. The highest BCUT2D eigenvalue weighted by atomic mass is 32.1. The van der Waals surface area contributed by atoms with Gasteiger partial charge in [0.2, 0.25) is 5.91 Å². The van der Waals surface area contributed by atoms with Crippen LogP contribution in [0.1, 0.15) is 34.4 Å². The molecule has 0 spiro atoms. The maximum Gasteiger partial charge on any atom is 0.249 e. The van der Waals surface area contributed by atoms with Crippen molar-refractivity contribution in [2.75, 3.05) is 5.32 Å². The Hall–Kier alpha value is -2.45. The number of amides is 1. The number of hydrogen-bond donors (Lipinski definition) is 1. The van der Waals surface area contributed by atoms with E-state index in [1.165, 1.54) is 34.4 Å². The van der Waals surface area contributed by atoms with Crippen molar-refractivity contribution < 1.29 is 9.18 Å². The maximum absolute atomic E-state index is 13.5. The standard InChI is InChI=1S/C18H15FN2OS/c19-15-7-3-1-5-12(15)9-10-17(22)21-18-14(11-20)13-6-2-4-8-16(13)23-18/h1,3,5,7,9-10H,2,4,6,8H2,(H,21,22)/b10-9+. The van der Waals surface area contributed by atoms with Crippen LogP contribution in [0.4, 0.5) is 9.39 Å². The van der Waals surface area contributed by atoms with Gasteiger partial charge >= 0.3 is 0 Å². The van der Waals surface area contributed by atoms with Crippen molar-refractivity contribution >= 4 is 28.3 Å². The molecule has 1 aliphatic carbocycles. The summed E-state index contributed by atoms with van der Waals surface area (Å²) >= 11 is 1.48. The average Bonchev–Trinajstić information content (AvgIpc) is 2.91. The van der Waals surface area contributed by atoms with Gasteiger partial charge in [-0.05, 0) is 43.4 Å². The molecule has 1 heterocycles. The van der Waals surface area contributed by atoms with Crippen molar-refractivity contribution in [3.63, 3.8) is 0 Å². The molecule has 1 amide bonds. The molecule has 1 aromatic heterocycles. The lowest BCUT2D eigenvalue weighted by Gasteiger charge is -2.09. The fourth-order valence-corrected chi connectivity index (χ4v) is 3.94. The molecule has 1 aliphatic rings. The van der Waals surface area contributed by atoms with E-state index >= 15 is 0 Å². The molecule has 0 fully saturated rings. The molecule has 0 bridgehead atoms. The predicted molar refractivity (Wildman–Crippen MR) is 89.7 cm³/mol. The molecular weight excluding hydrogens is 311 g/mol.